The van der Waals surface area contributed by atoms with Crippen molar-refractivity contribution in [1.82, 2.24) is 9.97 Å². The molecule has 7 heteroatoms. The molecule has 0 aliphatic heterocycles. The molecule has 0 fully saturated rings. The first-order chi connectivity index (χ1) is 13.1. The van der Waals surface area contributed by atoms with E-state index in [-0.39, 0.29) is 5.69 Å². The number of amides is 1. The average molecular weight is 364 g/mol. The predicted octanol–water partition coefficient (Wildman–Crippen LogP) is 3.80. The van der Waals surface area contributed by atoms with Crippen molar-refractivity contribution in [2.75, 3.05) is 24.9 Å². The lowest BCUT2D eigenvalue weighted by molar-refractivity contribution is 0.102. The second-order valence-corrected chi connectivity index (χ2v) is 5.80. The molecule has 3 aromatic rings. The molecule has 0 saturated carbocycles. The molecule has 1 heterocycles. The number of nitrogens with one attached hydrogen (secondary N) is 2. The maximum Gasteiger partial charge on any atom is 0.275 e. The van der Waals surface area contributed by atoms with Gasteiger partial charge in [0.25, 0.3) is 5.91 Å². The fraction of sp³-hybridized carbons (Fsp3) is 0.150. The normalized spacial score (nSPS) is 10.2. The van der Waals surface area contributed by atoms with Crippen LogP contribution in [0, 0.1) is 6.92 Å². The summed E-state index contributed by atoms with van der Waals surface area (Å²) in [5, 5.41) is 5.91. The highest BCUT2D eigenvalue weighted by Crippen LogP contribution is 2.29. The zero-order valence-corrected chi connectivity index (χ0v) is 15.3. The largest absolute Gasteiger partial charge is 0.497 e. The number of benzene rings is 2. The molecule has 0 aliphatic carbocycles. The van der Waals surface area contributed by atoms with Crippen LogP contribution in [0.5, 0.6) is 11.5 Å². The van der Waals surface area contributed by atoms with Crippen LogP contribution in [0.15, 0.2) is 54.9 Å². The number of anilines is 3. The van der Waals surface area contributed by atoms with Crippen LogP contribution in [0.25, 0.3) is 0 Å². The number of aromatic nitrogens is 2. The zero-order valence-electron chi connectivity index (χ0n) is 15.3. The Kier molecular flexibility index (Phi) is 5.51. The molecule has 2 N–H and O–H groups in total. The molecule has 1 amide bonds. The lowest BCUT2D eigenvalue weighted by atomic mass is 10.2. The van der Waals surface area contributed by atoms with E-state index in [1.165, 1.54) is 19.5 Å². The number of methoxy groups -OCH3 is 2. The Morgan fingerprint density at radius 3 is 2.52 bits per heavy atom. The third-order valence-corrected chi connectivity index (χ3v) is 3.83. The van der Waals surface area contributed by atoms with E-state index in [1.807, 2.05) is 31.2 Å². The zero-order chi connectivity index (χ0) is 19.2. The molecule has 1 aromatic heterocycles. The van der Waals surface area contributed by atoms with Gasteiger partial charge in [0.1, 0.15) is 23.0 Å². The minimum absolute atomic E-state index is 0.190. The molecule has 7 nitrogen and oxygen atoms in total. The highest BCUT2D eigenvalue weighted by atomic mass is 16.5. The SMILES string of the molecule is COc1ccc(OC)c(NC(=O)c2cnc(Nc3cccc(C)c3)cn2)c1. The number of aryl methyl sites for hydroxylation is 1. The first kappa shape index (κ1) is 18.2. The van der Waals surface area contributed by atoms with Gasteiger partial charge < -0.3 is 20.1 Å². The average Bonchev–Trinajstić information content (AvgIpc) is 2.68. The number of carbonyl (C=O) groups excluding carboxylic acids is 1. The van der Waals surface area contributed by atoms with Crippen molar-refractivity contribution in [1.29, 1.82) is 0 Å². The Morgan fingerprint density at radius 1 is 1.00 bits per heavy atom. The number of nitrogens with zero attached hydrogens (tertiary/aromatic N) is 2. The van der Waals surface area contributed by atoms with Gasteiger partial charge in [-0.1, -0.05) is 12.1 Å². The molecule has 0 unspecified atom stereocenters. The van der Waals surface area contributed by atoms with Crippen molar-refractivity contribution >= 4 is 23.1 Å². The molecule has 2 aromatic carbocycles. The van der Waals surface area contributed by atoms with Crippen LogP contribution in [0.3, 0.4) is 0 Å². The second-order valence-electron chi connectivity index (χ2n) is 5.80. The van der Waals surface area contributed by atoms with Crippen molar-refractivity contribution in [3.05, 3.63) is 66.1 Å². The van der Waals surface area contributed by atoms with Gasteiger partial charge in [-0.05, 0) is 36.8 Å². The van der Waals surface area contributed by atoms with E-state index in [1.54, 1.807) is 25.3 Å². The van der Waals surface area contributed by atoms with E-state index in [9.17, 15) is 4.79 Å². The van der Waals surface area contributed by atoms with Crippen LogP contribution >= 0.6 is 0 Å². The smallest absolute Gasteiger partial charge is 0.275 e. The Labute approximate surface area is 157 Å². The Morgan fingerprint density at radius 2 is 1.85 bits per heavy atom. The van der Waals surface area contributed by atoms with Gasteiger partial charge in [-0.3, -0.25) is 4.79 Å². The number of hydrogen-bond donors (Lipinski definition) is 2. The van der Waals surface area contributed by atoms with E-state index in [2.05, 4.69) is 20.6 Å². The summed E-state index contributed by atoms with van der Waals surface area (Å²) in [7, 11) is 3.09. The Bertz CT molecular complexity index is 942. The van der Waals surface area contributed by atoms with E-state index in [4.69, 9.17) is 9.47 Å². The molecule has 0 atom stereocenters. The van der Waals surface area contributed by atoms with E-state index in [0.717, 1.165) is 11.3 Å². The predicted molar refractivity (Wildman–Crippen MR) is 104 cm³/mol. The molecule has 27 heavy (non-hydrogen) atoms. The summed E-state index contributed by atoms with van der Waals surface area (Å²) in [5.41, 5.74) is 2.72. The molecule has 0 spiro atoms. The number of carbonyl (C=O) groups is 1. The standard InChI is InChI=1S/C20H20N4O3/c1-13-5-4-6-14(9-13)23-19-12-21-17(11-22-19)20(25)24-16-10-15(26-2)7-8-18(16)27-3/h4-12H,1-3H3,(H,22,23)(H,24,25). The Balaban J connectivity index is 1.72. The number of hydrogen-bond acceptors (Lipinski definition) is 6. The minimum Gasteiger partial charge on any atom is -0.497 e. The van der Waals surface area contributed by atoms with Gasteiger partial charge in [0.05, 0.1) is 32.3 Å². The summed E-state index contributed by atoms with van der Waals surface area (Å²) in [5.74, 6) is 1.29. The molecule has 138 valence electrons. The maximum absolute atomic E-state index is 12.5. The monoisotopic (exact) mass is 364 g/mol. The van der Waals surface area contributed by atoms with Crippen molar-refractivity contribution < 1.29 is 14.3 Å². The van der Waals surface area contributed by atoms with Gasteiger partial charge in [0.15, 0.2) is 0 Å². The van der Waals surface area contributed by atoms with E-state index in [0.29, 0.717) is 23.0 Å². The fourth-order valence-corrected chi connectivity index (χ4v) is 2.48. The highest BCUT2D eigenvalue weighted by molar-refractivity contribution is 6.03. The molecule has 3 rings (SSSR count). The summed E-state index contributed by atoms with van der Waals surface area (Å²) < 4.78 is 10.4. The van der Waals surface area contributed by atoms with Crippen LogP contribution in [-0.4, -0.2) is 30.1 Å². The van der Waals surface area contributed by atoms with Crippen molar-refractivity contribution in [2.24, 2.45) is 0 Å². The third-order valence-electron chi connectivity index (χ3n) is 3.83. The summed E-state index contributed by atoms with van der Waals surface area (Å²) in [6.07, 6.45) is 2.93. The molecular formula is C20H20N4O3. The summed E-state index contributed by atoms with van der Waals surface area (Å²) in [4.78, 5) is 20.9. The quantitative estimate of drug-likeness (QED) is 0.692. The van der Waals surface area contributed by atoms with Gasteiger partial charge in [-0.2, -0.15) is 0 Å². The summed E-state index contributed by atoms with van der Waals surface area (Å²) >= 11 is 0. The van der Waals surface area contributed by atoms with Crippen LogP contribution < -0.4 is 20.1 Å². The molecular weight excluding hydrogens is 344 g/mol. The Hall–Kier alpha value is -3.61. The third kappa shape index (κ3) is 4.52. The molecule has 0 saturated heterocycles. The second kappa shape index (κ2) is 8.18. The first-order valence-electron chi connectivity index (χ1n) is 8.28. The maximum atomic E-state index is 12.5. The van der Waals surface area contributed by atoms with Crippen molar-refractivity contribution in [2.45, 2.75) is 6.92 Å². The summed E-state index contributed by atoms with van der Waals surface area (Å²) in [6, 6.07) is 13.0. The van der Waals surface area contributed by atoms with Gasteiger partial charge in [-0.25, -0.2) is 9.97 Å². The van der Waals surface area contributed by atoms with Crippen LogP contribution in [0.4, 0.5) is 17.2 Å². The van der Waals surface area contributed by atoms with E-state index < -0.39 is 5.91 Å². The van der Waals surface area contributed by atoms with E-state index >= 15 is 0 Å². The summed E-state index contributed by atoms with van der Waals surface area (Å²) in [6.45, 7) is 2.01. The van der Waals surface area contributed by atoms with Crippen LogP contribution in [0.1, 0.15) is 16.1 Å². The molecule has 0 aliphatic rings. The lowest BCUT2D eigenvalue weighted by Gasteiger charge is -2.11. The van der Waals surface area contributed by atoms with Gasteiger partial charge in [-0.15, -0.1) is 0 Å². The first-order valence-corrected chi connectivity index (χ1v) is 8.28. The van der Waals surface area contributed by atoms with Gasteiger partial charge in [0.2, 0.25) is 0 Å². The number of rotatable bonds is 6. The molecule has 0 radical (unpaired) electrons. The lowest BCUT2D eigenvalue weighted by Crippen LogP contribution is -2.15. The van der Waals surface area contributed by atoms with Gasteiger partial charge >= 0.3 is 0 Å². The number of ether oxygens (including phenoxy) is 2. The molecule has 0 bridgehead atoms. The van der Waals surface area contributed by atoms with Crippen LogP contribution in [-0.2, 0) is 0 Å². The van der Waals surface area contributed by atoms with Crippen molar-refractivity contribution in [3.63, 3.8) is 0 Å². The van der Waals surface area contributed by atoms with Crippen LogP contribution in [0.2, 0.25) is 0 Å². The topological polar surface area (TPSA) is 85.4 Å². The minimum atomic E-state index is -0.392. The van der Waals surface area contributed by atoms with Crippen molar-refractivity contribution in [3.8, 4) is 11.5 Å². The van der Waals surface area contributed by atoms with Gasteiger partial charge in [0, 0.05) is 11.8 Å². The highest BCUT2D eigenvalue weighted by Gasteiger charge is 2.13. The fourth-order valence-electron chi connectivity index (χ4n) is 2.48.